The van der Waals surface area contributed by atoms with Crippen LogP contribution >= 0.6 is 0 Å². The summed E-state index contributed by atoms with van der Waals surface area (Å²) in [6.45, 7) is 0. The number of phenols is 1. The molecule has 1 aromatic heterocycles. The molecule has 0 atom stereocenters. The Morgan fingerprint density at radius 3 is 2.42 bits per heavy atom. The minimum absolute atomic E-state index is 0.0155. The summed E-state index contributed by atoms with van der Waals surface area (Å²) in [6.07, 6.45) is 0. The number of nitrogens with one attached hydrogen (secondary N) is 1. The van der Waals surface area contributed by atoms with Gasteiger partial charge in [0.25, 0.3) is 15.6 Å². The van der Waals surface area contributed by atoms with Gasteiger partial charge in [0.05, 0.1) is 21.4 Å². The highest BCUT2D eigenvalue weighted by atomic mass is 32.2. The van der Waals surface area contributed by atoms with Crippen molar-refractivity contribution in [3.63, 3.8) is 0 Å². The zero-order chi connectivity index (χ0) is 19.2. The first-order chi connectivity index (χ1) is 12.1. The molecule has 0 saturated carbocycles. The van der Waals surface area contributed by atoms with Gasteiger partial charge in [-0.15, -0.1) is 3.97 Å². The lowest BCUT2D eigenvalue weighted by Crippen LogP contribution is -2.40. The van der Waals surface area contributed by atoms with Gasteiger partial charge >= 0.3 is 11.7 Å². The number of benzene rings is 2. The van der Waals surface area contributed by atoms with E-state index in [0.29, 0.717) is 0 Å². The Bertz CT molecular complexity index is 1290. The molecule has 5 N–H and O–H groups in total. The van der Waals surface area contributed by atoms with Crippen LogP contribution in [0.4, 0.5) is 5.69 Å². The number of carboxylic acid groups (broad SMARTS) is 1. The van der Waals surface area contributed by atoms with Crippen molar-refractivity contribution in [2.75, 3.05) is 5.73 Å². The van der Waals surface area contributed by atoms with Gasteiger partial charge in [-0.3, -0.25) is 4.79 Å². The molecule has 0 unspecified atom stereocenters. The number of H-pyrrole nitrogens is 1. The number of rotatable bonds is 3. The van der Waals surface area contributed by atoms with Gasteiger partial charge in [-0.1, -0.05) is 0 Å². The molecule has 1 heterocycles. The van der Waals surface area contributed by atoms with Gasteiger partial charge < -0.3 is 20.9 Å². The molecule has 0 aliphatic heterocycles. The fraction of sp³-hybridized carbons (Fsp3) is 0. The van der Waals surface area contributed by atoms with Crippen molar-refractivity contribution in [3.05, 3.63) is 62.8 Å². The predicted molar refractivity (Wildman–Crippen MR) is 90.9 cm³/mol. The molecule has 0 bridgehead atoms. The summed E-state index contributed by atoms with van der Waals surface area (Å²) in [7, 11) is -4.64. The molecular weight excluding hydrogens is 366 g/mol. The number of phenolic OH excluding ortho intramolecular Hbond substituents is 1. The number of carboxylic acids is 1. The second kappa shape index (κ2) is 5.74. The summed E-state index contributed by atoms with van der Waals surface area (Å²) < 4.78 is 25.4. The Hall–Kier alpha value is -3.60. The molecule has 10 nitrogen and oxygen atoms in total. The van der Waals surface area contributed by atoms with E-state index in [4.69, 9.17) is 10.8 Å². The Balaban J connectivity index is 2.30. The summed E-state index contributed by atoms with van der Waals surface area (Å²) in [5.74, 6) is -1.57. The number of aromatic hydroxyl groups is 1. The van der Waals surface area contributed by atoms with Crippen molar-refractivity contribution >= 4 is 32.6 Å². The summed E-state index contributed by atoms with van der Waals surface area (Å²) in [5, 5.41) is 18.2. The first-order valence-corrected chi connectivity index (χ1v) is 8.43. The molecule has 0 aliphatic rings. The van der Waals surface area contributed by atoms with E-state index in [1.54, 1.807) is 0 Å². The third kappa shape index (κ3) is 2.59. The SMILES string of the molecule is Nc1cc(S(=O)(=O)n2c(=O)[nH]c3cc(O)ccc3c2=O)ccc1C(=O)O. The van der Waals surface area contributed by atoms with Crippen LogP contribution in [0.2, 0.25) is 0 Å². The second-order valence-corrected chi connectivity index (χ2v) is 7.08. The zero-order valence-electron chi connectivity index (χ0n) is 12.8. The van der Waals surface area contributed by atoms with Gasteiger partial charge in [-0.25, -0.2) is 18.0 Å². The number of hydrogen-bond donors (Lipinski definition) is 4. The lowest BCUT2D eigenvalue weighted by molar-refractivity contribution is 0.0698. The molecule has 0 radical (unpaired) electrons. The largest absolute Gasteiger partial charge is 0.508 e. The molecule has 0 saturated heterocycles. The number of aromatic carboxylic acids is 1. The number of aromatic amines is 1. The van der Waals surface area contributed by atoms with E-state index in [9.17, 15) is 27.9 Å². The van der Waals surface area contributed by atoms with E-state index in [2.05, 4.69) is 4.98 Å². The molecule has 26 heavy (non-hydrogen) atoms. The molecule has 0 fully saturated rings. The number of carbonyl (C=O) groups is 1. The lowest BCUT2D eigenvalue weighted by atomic mass is 10.2. The van der Waals surface area contributed by atoms with E-state index in [1.807, 2.05) is 0 Å². The Labute approximate surface area is 144 Å². The quantitative estimate of drug-likeness (QED) is 0.458. The molecule has 3 aromatic rings. The van der Waals surface area contributed by atoms with Gasteiger partial charge in [-0.2, -0.15) is 0 Å². The van der Waals surface area contributed by atoms with Crippen molar-refractivity contribution in [3.8, 4) is 5.75 Å². The molecule has 0 spiro atoms. The summed E-state index contributed by atoms with van der Waals surface area (Å²) >= 11 is 0. The van der Waals surface area contributed by atoms with Crippen LogP contribution in [0.25, 0.3) is 10.9 Å². The third-order valence-electron chi connectivity index (χ3n) is 3.64. The minimum Gasteiger partial charge on any atom is -0.508 e. The average Bonchev–Trinajstić information content (AvgIpc) is 2.53. The molecule has 0 amide bonds. The van der Waals surface area contributed by atoms with Crippen LogP contribution in [0, 0.1) is 0 Å². The van der Waals surface area contributed by atoms with E-state index < -0.39 is 32.1 Å². The Kier molecular flexibility index (Phi) is 3.80. The maximum absolute atomic E-state index is 12.7. The van der Waals surface area contributed by atoms with Crippen LogP contribution < -0.4 is 17.0 Å². The van der Waals surface area contributed by atoms with Gasteiger partial charge in [-0.05, 0) is 30.3 Å². The molecule has 11 heteroatoms. The van der Waals surface area contributed by atoms with Gasteiger partial charge in [0.15, 0.2) is 0 Å². The third-order valence-corrected chi connectivity index (χ3v) is 5.30. The number of hydrogen-bond acceptors (Lipinski definition) is 7. The molecule has 134 valence electrons. The highest BCUT2D eigenvalue weighted by Gasteiger charge is 2.24. The number of anilines is 1. The van der Waals surface area contributed by atoms with Crippen molar-refractivity contribution in [1.29, 1.82) is 0 Å². The monoisotopic (exact) mass is 377 g/mol. The van der Waals surface area contributed by atoms with Crippen LogP contribution in [0.15, 0.2) is 50.9 Å². The summed E-state index contributed by atoms with van der Waals surface area (Å²) in [4.78, 5) is 37.3. The topological polar surface area (TPSA) is 173 Å². The van der Waals surface area contributed by atoms with Crippen LogP contribution in [-0.2, 0) is 10.0 Å². The van der Waals surface area contributed by atoms with Crippen molar-refractivity contribution in [2.24, 2.45) is 0 Å². The minimum atomic E-state index is -4.64. The fourth-order valence-corrected chi connectivity index (χ4v) is 3.72. The first-order valence-electron chi connectivity index (χ1n) is 6.99. The second-order valence-electron chi connectivity index (χ2n) is 5.29. The molecule has 3 rings (SSSR count). The molecular formula is C15H11N3O7S. The number of nitrogens with zero attached hydrogens (tertiary/aromatic N) is 1. The maximum atomic E-state index is 12.7. The Morgan fingerprint density at radius 1 is 1.12 bits per heavy atom. The fourth-order valence-electron chi connectivity index (χ4n) is 2.41. The van der Waals surface area contributed by atoms with Crippen molar-refractivity contribution in [1.82, 2.24) is 8.96 Å². The van der Waals surface area contributed by atoms with E-state index in [0.717, 1.165) is 30.3 Å². The van der Waals surface area contributed by atoms with Gasteiger partial charge in [0.1, 0.15) is 5.75 Å². The highest BCUT2D eigenvalue weighted by molar-refractivity contribution is 7.90. The van der Waals surface area contributed by atoms with E-state index in [1.165, 1.54) is 6.07 Å². The number of nitrogen functional groups attached to an aromatic ring is 1. The van der Waals surface area contributed by atoms with Gasteiger partial charge in [0.2, 0.25) is 0 Å². The van der Waals surface area contributed by atoms with E-state index >= 15 is 0 Å². The van der Waals surface area contributed by atoms with Crippen molar-refractivity contribution in [2.45, 2.75) is 4.90 Å². The predicted octanol–water partition coefficient (Wildman–Crippen LogP) is -0.0872. The normalized spacial score (nSPS) is 11.5. The first kappa shape index (κ1) is 17.2. The van der Waals surface area contributed by atoms with Crippen LogP contribution in [0.5, 0.6) is 5.75 Å². The summed E-state index contributed by atoms with van der Waals surface area (Å²) in [5.41, 5.74) is 2.48. The Morgan fingerprint density at radius 2 is 1.81 bits per heavy atom. The lowest BCUT2D eigenvalue weighted by Gasteiger charge is -2.09. The molecule has 2 aromatic carbocycles. The van der Waals surface area contributed by atoms with Crippen LogP contribution in [-0.4, -0.2) is 33.6 Å². The van der Waals surface area contributed by atoms with Gasteiger partial charge in [0, 0.05) is 11.8 Å². The van der Waals surface area contributed by atoms with Crippen LogP contribution in [0.3, 0.4) is 0 Å². The zero-order valence-corrected chi connectivity index (χ0v) is 13.6. The summed E-state index contributed by atoms with van der Waals surface area (Å²) in [6, 6.07) is 6.18. The smallest absolute Gasteiger partial charge is 0.343 e. The number of nitrogens with two attached hydrogens (primary N) is 1. The molecule has 0 aliphatic carbocycles. The number of fused-ring (bicyclic) bond motifs is 1. The van der Waals surface area contributed by atoms with E-state index in [-0.39, 0.29) is 31.9 Å². The average molecular weight is 377 g/mol. The standard InChI is InChI=1S/C15H11N3O7S/c16-11-6-8(2-4-9(11)14(21)22)26(24,25)18-13(20)10-3-1-7(19)5-12(10)17-15(18)23/h1-6,19H,16H2,(H,17,23)(H,21,22). The number of aromatic nitrogens is 2. The van der Waals surface area contributed by atoms with Crippen molar-refractivity contribution < 1.29 is 23.4 Å². The maximum Gasteiger partial charge on any atom is 0.343 e. The van der Waals surface area contributed by atoms with Crippen LogP contribution in [0.1, 0.15) is 10.4 Å². The highest BCUT2D eigenvalue weighted by Crippen LogP contribution is 2.20.